The van der Waals surface area contributed by atoms with Crippen LogP contribution in [0.2, 0.25) is 0 Å². The van der Waals surface area contributed by atoms with Crippen molar-refractivity contribution >= 4 is 11.4 Å². The maximum atomic E-state index is 13.6. The van der Waals surface area contributed by atoms with Crippen LogP contribution in [0, 0.1) is 21.8 Å². The van der Waals surface area contributed by atoms with Gasteiger partial charge < -0.3 is 10.2 Å². The second-order valence-corrected chi connectivity index (χ2v) is 5.86. The number of hydrogen-bond acceptors (Lipinski definition) is 4. The van der Waals surface area contributed by atoms with Gasteiger partial charge in [-0.3, -0.25) is 10.1 Å². The molecule has 1 fully saturated rings. The van der Waals surface area contributed by atoms with E-state index in [0.29, 0.717) is 11.6 Å². The summed E-state index contributed by atoms with van der Waals surface area (Å²) in [4.78, 5) is 12.4. The van der Waals surface area contributed by atoms with Crippen molar-refractivity contribution in [3.63, 3.8) is 0 Å². The number of nitro benzene ring substituents is 1. The highest BCUT2D eigenvalue weighted by Crippen LogP contribution is 2.27. The summed E-state index contributed by atoms with van der Waals surface area (Å²) in [6, 6.07) is 3.98. The average molecular weight is 295 g/mol. The van der Waals surface area contributed by atoms with Crippen LogP contribution in [-0.4, -0.2) is 30.6 Å². The Morgan fingerprint density at radius 1 is 1.38 bits per heavy atom. The molecule has 5 nitrogen and oxygen atoms in total. The lowest BCUT2D eigenvalue weighted by Crippen LogP contribution is -2.39. The Hall–Kier alpha value is -1.69. The van der Waals surface area contributed by atoms with E-state index in [2.05, 4.69) is 10.2 Å². The van der Waals surface area contributed by atoms with Crippen molar-refractivity contribution in [2.45, 2.75) is 32.7 Å². The summed E-state index contributed by atoms with van der Waals surface area (Å²) in [5.74, 6) is -0.0221. The molecule has 0 atom stereocenters. The van der Waals surface area contributed by atoms with Gasteiger partial charge in [0, 0.05) is 24.3 Å². The van der Waals surface area contributed by atoms with Gasteiger partial charge in [0.05, 0.1) is 11.0 Å². The van der Waals surface area contributed by atoms with Crippen molar-refractivity contribution in [2.75, 3.05) is 24.5 Å². The Morgan fingerprint density at radius 2 is 2.05 bits per heavy atom. The van der Waals surface area contributed by atoms with Gasteiger partial charge in [0.15, 0.2) is 0 Å². The van der Waals surface area contributed by atoms with Gasteiger partial charge in [0.2, 0.25) is 0 Å². The quantitative estimate of drug-likeness (QED) is 0.670. The van der Waals surface area contributed by atoms with Gasteiger partial charge in [-0.1, -0.05) is 0 Å². The van der Waals surface area contributed by atoms with Gasteiger partial charge >= 0.3 is 0 Å². The van der Waals surface area contributed by atoms with Gasteiger partial charge in [-0.25, -0.2) is 4.39 Å². The molecule has 1 aliphatic rings. The fourth-order valence-corrected chi connectivity index (χ4v) is 2.79. The SMILES string of the molecule is CC(C)N(CC1CCNCC1)c1cc(F)cc([N+](=O)[O-])c1. The van der Waals surface area contributed by atoms with E-state index in [0.717, 1.165) is 38.5 Å². The van der Waals surface area contributed by atoms with Gasteiger partial charge in [-0.05, 0) is 51.8 Å². The standard InChI is InChI=1S/C15H22FN3O2/c1-11(2)18(10-12-3-5-17-6-4-12)14-7-13(16)8-15(9-14)19(20)21/h7-9,11-12,17H,3-6,10H2,1-2H3. The lowest BCUT2D eigenvalue weighted by Gasteiger charge is -2.34. The predicted octanol–water partition coefficient (Wildman–Crippen LogP) is 2.95. The van der Waals surface area contributed by atoms with Crippen molar-refractivity contribution in [1.29, 1.82) is 0 Å². The number of hydrogen-bond donors (Lipinski definition) is 1. The first-order chi connectivity index (χ1) is 9.97. The van der Waals surface area contributed by atoms with Crippen LogP contribution in [0.4, 0.5) is 15.8 Å². The third kappa shape index (κ3) is 4.14. The highest BCUT2D eigenvalue weighted by atomic mass is 19.1. The van der Waals surface area contributed by atoms with Crippen molar-refractivity contribution < 1.29 is 9.31 Å². The highest BCUT2D eigenvalue weighted by molar-refractivity contribution is 5.54. The number of nitro groups is 1. The average Bonchev–Trinajstić information content (AvgIpc) is 2.44. The Bertz CT molecular complexity index is 502. The second-order valence-electron chi connectivity index (χ2n) is 5.86. The van der Waals surface area contributed by atoms with Crippen LogP contribution in [-0.2, 0) is 0 Å². The van der Waals surface area contributed by atoms with Gasteiger partial charge in [-0.2, -0.15) is 0 Å². The number of nitrogens with zero attached hydrogens (tertiary/aromatic N) is 2. The monoisotopic (exact) mass is 295 g/mol. The molecule has 0 aliphatic carbocycles. The summed E-state index contributed by atoms with van der Waals surface area (Å²) in [5, 5.41) is 14.2. The van der Waals surface area contributed by atoms with Crippen LogP contribution in [0.1, 0.15) is 26.7 Å². The number of benzene rings is 1. The lowest BCUT2D eigenvalue weighted by atomic mass is 9.96. The highest BCUT2D eigenvalue weighted by Gasteiger charge is 2.21. The van der Waals surface area contributed by atoms with Crippen LogP contribution < -0.4 is 10.2 Å². The lowest BCUT2D eigenvalue weighted by molar-refractivity contribution is -0.385. The minimum absolute atomic E-state index is 0.168. The molecule has 1 N–H and O–H groups in total. The first-order valence-corrected chi connectivity index (χ1v) is 7.39. The molecular weight excluding hydrogens is 273 g/mol. The molecule has 0 spiro atoms. The zero-order valence-electron chi connectivity index (χ0n) is 12.5. The fourth-order valence-electron chi connectivity index (χ4n) is 2.79. The molecular formula is C15H22FN3O2. The van der Waals surface area contributed by atoms with Crippen molar-refractivity contribution in [3.8, 4) is 0 Å². The summed E-state index contributed by atoms with van der Waals surface area (Å²) in [7, 11) is 0. The molecule has 0 bridgehead atoms. The summed E-state index contributed by atoms with van der Waals surface area (Å²) in [5.41, 5.74) is 0.399. The molecule has 1 aromatic carbocycles. The maximum Gasteiger partial charge on any atom is 0.274 e. The van der Waals surface area contributed by atoms with Crippen LogP contribution in [0.15, 0.2) is 18.2 Å². The van der Waals surface area contributed by atoms with Crippen molar-refractivity contribution in [1.82, 2.24) is 5.32 Å². The molecule has 0 radical (unpaired) electrons. The molecule has 1 aromatic rings. The Balaban J connectivity index is 2.22. The molecule has 1 heterocycles. The van der Waals surface area contributed by atoms with Gasteiger partial charge in [-0.15, -0.1) is 0 Å². The summed E-state index contributed by atoms with van der Waals surface area (Å²) in [6.45, 7) is 6.86. The first-order valence-electron chi connectivity index (χ1n) is 7.39. The summed E-state index contributed by atoms with van der Waals surface area (Å²) >= 11 is 0. The second kappa shape index (κ2) is 6.85. The molecule has 116 valence electrons. The number of rotatable bonds is 5. The third-order valence-corrected chi connectivity index (χ3v) is 3.95. The Kier molecular flexibility index (Phi) is 5.12. The minimum atomic E-state index is -0.560. The van der Waals surface area contributed by atoms with E-state index >= 15 is 0 Å². The Morgan fingerprint density at radius 3 is 2.62 bits per heavy atom. The number of non-ortho nitro benzene ring substituents is 1. The van der Waals surface area contributed by atoms with E-state index in [1.165, 1.54) is 12.1 Å². The zero-order valence-corrected chi connectivity index (χ0v) is 12.5. The number of piperidine rings is 1. The molecule has 1 saturated heterocycles. The van der Waals surface area contributed by atoms with E-state index in [1.54, 1.807) is 0 Å². The molecule has 6 heteroatoms. The van der Waals surface area contributed by atoms with Crippen molar-refractivity contribution in [2.24, 2.45) is 5.92 Å². The van der Waals surface area contributed by atoms with Crippen molar-refractivity contribution in [3.05, 3.63) is 34.1 Å². The molecule has 0 aromatic heterocycles. The molecule has 0 unspecified atom stereocenters. The minimum Gasteiger partial charge on any atom is -0.369 e. The van der Waals surface area contributed by atoms with Gasteiger partial charge in [0.25, 0.3) is 5.69 Å². The largest absolute Gasteiger partial charge is 0.369 e. The van der Waals surface area contributed by atoms with E-state index in [-0.39, 0.29) is 11.7 Å². The molecule has 0 amide bonds. The number of halogens is 1. The van der Waals surface area contributed by atoms with E-state index in [4.69, 9.17) is 0 Å². The first kappa shape index (κ1) is 15.7. The topological polar surface area (TPSA) is 58.4 Å². The molecule has 21 heavy (non-hydrogen) atoms. The van der Waals surface area contributed by atoms with Crippen LogP contribution in [0.3, 0.4) is 0 Å². The smallest absolute Gasteiger partial charge is 0.274 e. The van der Waals surface area contributed by atoms with Gasteiger partial charge in [0.1, 0.15) is 5.82 Å². The maximum absolute atomic E-state index is 13.6. The normalized spacial score (nSPS) is 16.2. The molecule has 0 saturated carbocycles. The van der Waals surface area contributed by atoms with Crippen LogP contribution >= 0.6 is 0 Å². The Labute approximate surface area is 124 Å². The number of anilines is 1. The summed E-state index contributed by atoms with van der Waals surface area (Å²) < 4.78 is 13.6. The van der Waals surface area contributed by atoms with E-state index in [9.17, 15) is 14.5 Å². The third-order valence-electron chi connectivity index (χ3n) is 3.95. The number of nitrogens with one attached hydrogen (secondary N) is 1. The van der Waals surface area contributed by atoms with E-state index in [1.807, 2.05) is 13.8 Å². The van der Waals surface area contributed by atoms with Crippen LogP contribution in [0.25, 0.3) is 0 Å². The van der Waals surface area contributed by atoms with Crippen LogP contribution in [0.5, 0.6) is 0 Å². The molecule has 1 aliphatic heterocycles. The molecule has 2 rings (SSSR count). The fraction of sp³-hybridized carbons (Fsp3) is 0.600. The van der Waals surface area contributed by atoms with E-state index < -0.39 is 10.7 Å². The zero-order chi connectivity index (χ0) is 15.4. The summed E-state index contributed by atoms with van der Waals surface area (Å²) in [6.07, 6.45) is 2.17. The predicted molar refractivity (Wildman–Crippen MR) is 81.1 cm³/mol.